The molecule has 9 nitrogen and oxygen atoms in total. The molecule has 0 spiro atoms. The van der Waals surface area contributed by atoms with Gasteiger partial charge in [0.2, 0.25) is 5.95 Å². The first-order valence-corrected chi connectivity index (χ1v) is 11.1. The zero-order chi connectivity index (χ0) is 22.9. The van der Waals surface area contributed by atoms with E-state index in [1.54, 1.807) is 36.7 Å². The molecule has 3 heterocycles. The number of carbonyl (C=O) groups is 1. The molecule has 4 aromatic rings. The van der Waals surface area contributed by atoms with Crippen molar-refractivity contribution in [2.45, 2.75) is 19.4 Å². The van der Waals surface area contributed by atoms with E-state index < -0.39 is 0 Å². The lowest BCUT2D eigenvalue weighted by Gasteiger charge is -2.27. The van der Waals surface area contributed by atoms with Gasteiger partial charge in [-0.3, -0.25) is 14.6 Å². The highest BCUT2D eigenvalue weighted by Crippen LogP contribution is 2.22. The van der Waals surface area contributed by atoms with E-state index in [9.17, 15) is 9.59 Å². The van der Waals surface area contributed by atoms with E-state index in [-0.39, 0.29) is 17.5 Å². The number of nitrogens with zero attached hydrogens (tertiary/aromatic N) is 6. The predicted octanol–water partition coefficient (Wildman–Crippen LogP) is 2.90. The number of para-hydroxylation sites is 1. The number of rotatable bonds is 3. The van der Waals surface area contributed by atoms with E-state index >= 15 is 0 Å². The summed E-state index contributed by atoms with van der Waals surface area (Å²) in [4.78, 5) is 39.0. The second-order valence-corrected chi connectivity index (χ2v) is 8.45. The Kier molecular flexibility index (Phi) is 5.55. The largest absolute Gasteiger partial charge is 0.340 e. The fraction of sp³-hybridized carbons (Fsp3) is 0.261. The lowest BCUT2D eigenvalue weighted by atomic mass is 10.1. The van der Waals surface area contributed by atoms with E-state index in [0.29, 0.717) is 52.8 Å². The van der Waals surface area contributed by atoms with E-state index in [0.717, 1.165) is 6.42 Å². The van der Waals surface area contributed by atoms with Crippen LogP contribution in [0.1, 0.15) is 23.7 Å². The van der Waals surface area contributed by atoms with Crippen molar-refractivity contribution in [3.05, 3.63) is 75.8 Å². The summed E-state index contributed by atoms with van der Waals surface area (Å²) in [5.41, 5.74) is 1.54. The SMILES string of the molecule is CC1CCN(c2nc3ccc(Cl)cc3c(=O)[nH]2)CCN1C(=O)c1ccccc1-n1nccn1. The van der Waals surface area contributed by atoms with Crippen molar-refractivity contribution in [3.8, 4) is 5.69 Å². The van der Waals surface area contributed by atoms with Crippen molar-refractivity contribution in [2.75, 3.05) is 24.5 Å². The molecule has 0 bridgehead atoms. The highest BCUT2D eigenvalue weighted by molar-refractivity contribution is 6.31. The minimum absolute atomic E-state index is 0.00659. The van der Waals surface area contributed by atoms with Crippen molar-refractivity contribution in [1.82, 2.24) is 29.9 Å². The molecule has 2 aromatic heterocycles. The van der Waals surface area contributed by atoms with Gasteiger partial charge in [0.15, 0.2) is 0 Å². The summed E-state index contributed by atoms with van der Waals surface area (Å²) in [6.45, 7) is 3.73. The Morgan fingerprint density at radius 1 is 1.09 bits per heavy atom. The van der Waals surface area contributed by atoms with Crippen molar-refractivity contribution in [2.24, 2.45) is 0 Å². The Bertz CT molecular complexity index is 1370. The molecular weight excluding hydrogens is 442 g/mol. The van der Waals surface area contributed by atoms with Crippen molar-refractivity contribution >= 4 is 34.4 Å². The van der Waals surface area contributed by atoms with Gasteiger partial charge in [0.25, 0.3) is 11.5 Å². The fourth-order valence-electron chi connectivity index (χ4n) is 4.14. The number of aromatic nitrogens is 5. The number of carbonyl (C=O) groups excluding carboxylic acids is 1. The van der Waals surface area contributed by atoms with Crippen molar-refractivity contribution in [3.63, 3.8) is 0 Å². The van der Waals surface area contributed by atoms with Gasteiger partial charge in [-0.05, 0) is 43.7 Å². The Hall–Kier alpha value is -3.72. The van der Waals surface area contributed by atoms with E-state index in [1.165, 1.54) is 4.80 Å². The number of halogens is 1. The number of hydrogen-bond acceptors (Lipinski definition) is 6. The maximum absolute atomic E-state index is 13.5. The summed E-state index contributed by atoms with van der Waals surface area (Å²) in [5.74, 6) is 0.421. The Morgan fingerprint density at radius 2 is 1.88 bits per heavy atom. The number of anilines is 1. The van der Waals surface area contributed by atoms with Crippen LogP contribution in [0.25, 0.3) is 16.6 Å². The van der Waals surface area contributed by atoms with Gasteiger partial charge in [-0.2, -0.15) is 15.0 Å². The Labute approximate surface area is 194 Å². The summed E-state index contributed by atoms with van der Waals surface area (Å²) in [7, 11) is 0. The number of nitrogens with one attached hydrogen (secondary N) is 1. The maximum atomic E-state index is 13.5. The second kappa shape index (κ2) is 8.67. The average Bonchev–Trinajstić information content (AvgIpc) is 3.29. The molecule has 1 atom stereocenters. The minimum atomic E-state index is -0.233. The first kappa shape index (κ1) is 21.1. The van der Waals surface area contributed by atoms with Gasteiger partial charge in [-0.15, -0.1) is 0 Å². The molecule has 1 fully saturated rings. The molecule has 0 aliphatic carbocycles. The van der Waals surface area contributed by atoms with Crippen LogP contribution < -0.4 is 10.5 Å². The molecule has 2 aromatic carbocycles. The van der Waals surface area contributed by atoms with Crippen LogP contribution >= 0.6 is 11.6 Å². The maximum Gasteiger partial charge on any atom is 0.260 e. The van der Waals surface area contributed by atoms with Gasteiger partial charge < -0.3 is 9.80 Å². The Morgan fingerprint density at radius 3 is 2.70 bits per heavy atom. The normalized spacial score (nSPS) is 16.7. The predicted molar refractivity (Wildman–Crippen MR) is 126 cm³/mol. The van der Waals surface area contributed by atoms with Gasteiger partial charge in [-0.1, -0.05) is 23.7 Å². The van der Waals surface area contributed by atoms with Crippen LogP contribution in [0, 0.1) is 0 Å². The van der Waals surface area contributed by atoms with Gasteiger partial charge in [0.1, 0.15) is 0 Å². The van der Waals surface area contributed by atoms with Gasteiger partial charge in [-0.25, -0.2) is 4.98 Å². The molecular formula is C23H22ClN7O2. The fourth-order valence-corrected chi connectivity index (χ4v) is 4.32. The van der Waals surface area contributed by atoms with Crippen LogP contribution in [-0.2, 0) is 0 Å². The molecule has 1 N–H and O–H groups in total. The quantitative estimate of drug-likeness (QED) is 0.501. The lowest BCUT2D eigenvalue weighted by molar-refractivity contribution is 0.0705. The molecule has 5 rings (SSSR count). The molecule has 1 amide bonds. The van der Waals surface area contributed by atoms with E-state index in [2.05, 4.69) is 20.2 Å². The van der Waals surface area contributed by atoms with Gasteiger partial charge >= 0.3 is 0 Å². The van der Waals surface area contributed by atoms with Gasteiger partial charge in [0, 0.05) is 30.7 Å². The second-order valence-electron chi connectivity index (χ2n) is 8.01. The molecule has 168 valence electrons. The first-order chi connectivity index (χ1) is 16.0. The van der Waals surface area contributed by atoms with Crippen LogP contribution in [0.3, 0.4) is 0 Å². The number of aromatic amines is 1. The van der Waals surface area contributed by atoms with Crippen LogP contribution in [0.15, 0.2) is 59.7 Å². The number of amides is 1. The zero-order valence-corrected chi connectivity index (χ0v) is 18.7. The summed E-state index contributed by atoms with van der Waals surface area (Å²) in [6, 6.07) is 12.4. The lowest BCUT2D eigenvalue weighted by Crippen LogP contribution is -2.40. The monoisotopic (exact) mass is 463 g/mol. The summed E-state index contributed by atoms with van der Waals surface area (Å²) >= 11 is 6.02. The smallest absolute Gasteiger partial charge is 0.260 e. The van der Waals surface area contributed by atoms with E-state index in [4.69, 9.17) is 11.6 Å². The molecule has 33 heavy (non-hydrogen) atoms. The number of benzene rings is 2. The minimum Gasteiger partial charge on any atom is -0.340 e. The molecule has 1 aliphatic rings. The number of H-pyrrole nitrogens is 1. The number of hydrogen-bond donors (Lipinski definition) is 1. The first-order valence-electron chi connectivity index (χ1n) is 10.7. The molecule has 1 unspecified atom stereocenters. The summed E-state index contributed by atoms with van der Waals surface area (Å²) in [5, 5.41) is 9.30. The van der Waals surface area contributed by atoms with Gasteiger partial charge in [0.05, 0.1) is 34.5 Å². The van der Waals surface area contributed by atoms with Crippen molar-refractivity contribution < 1.29 is 4.79 Å². The van der Waals surface area contributed by atoms with Crippen LogP contribution in [0.5, 0.6) is 0 Å². The molecule has 0 saturated carbocycles. The Balaban J connectivity index is 1.41. The average molecular weight is 464 g/mol. The standard InChI is InChI=1S/C23H22ClN7O2/c1-15-8-11-29(23-27-19-7-6-16(24)14-18(19)21(32)28-23)12-13-30(15)22(33)17-4-2-3-5-20(17)31-25-9-10-26-31/h2-7,9-10,14-15H,8,11-13H2,1H3,(H,27,28,32). The van der Waals surface area contributed by atoms with Crippen LogP contribution in [-0.4, -0.2) is 61.4 Å². The third-order valence-electron chi connectivity index (χ3n) is 5.94. The van der Waals surface area contributed by atoms with Crippen LogP contribution in [0.4, 0.5) is 5.95 Å². The van der Waals surface area contributed by atoms with Crippen molar-refractivity contribution in [1.29, 1.82) is 0 Å². The third-order valence-corrected chi connectivity index (χ3v) is 6.18. The number of fused-ring (bicyclic) bond motifs is 1. The third kappa shape index (κ3) is 4.07. The topological polar surface area (TPSA) is 100 Å². The molecule has 1 aliphatic heterocycles. The summed E-state index contributed by atoms with van der Waals surface area (Å²) < 4.78 is 0. The highest BCUT2D eigenvalue weighted by atomic mass is 35.5. The highest BCUT2D eigenvalue weighted by Gasteiger charge is 2.28. The molecule has 0 radical (unpaired) electrons. The molecule has 10 heteroatoms. The van der Waals surface area contributed by atoms with E-state index in [1.807, 2.05) is 34.9 Å². The molecule has 1 saturated heterocycles. The zero-order valence-electron chi connectivity index (χ0n) is 18.0. The van der Waals surface area contributed by atoms with Crippen LogP contribution in [0.2, 0.25) is 5.02 Å². The summed E-state index contributed by atoms with van der Waals surface area (Å²) in [6.07, 6.45) is 3.90.